The molecule has 0 spiro atoms. The zero-order valence-electron chi connectivity index (χ0n) is 11.7. The van der Waals surface area contributed by atoms with Crippen molar-refractivity contribution in [2.24, 2.45) is 0 Å². The molecular weight excluding hydrogens is 399 g/mol. The van der Waals surface area contributed by atoms with Crippen LogP contribution in [0, 0.1) is 3.57 Å². The van der Waals surface area contributed by atoms with Crippen LogP contribution in [0.25, 0.3) is 0 Å². The molecule has 114 valence electrons. The quantitative estimate of drug-likeness (QED) is 0.474. The van der Waals surface area contributed by atoms with Crippen molar-refractivity contribution in [2.45, 2.75) is 6.92 Å². The summed E-state index contributed by atoms with van der Waals surface area (Å²) < 4.78 is 10.5. The summed E-state index contributed by atoms with van der Waals surface area (Å²) in [6, 6.07) is 11.1. The maximum Gasteiger partial charge on any atom is 0.343 e. The van der Waals surface area contributed by atoms with Crippen molar-refractivity contribution in [3.05, 3.63) is 57.2 Å². The van der Waals surface area contributed by atoms with Crippen molar-refractivity contribution < 1.29 is 24.2 Å². The Bertz CT molecular complexity index is 697. The average Bonchev–Trinajstić information content (AvgIpc) is 2.52. The molecular formula is C16H13IO5. The zero-order chi connectivity index (χ0) is 16.1. The summed E-state index contributed by atoms with van der Waals surface area (Å²) in [5.41, 5.74) is 0.495. The van der Waals surface area contributed by atoms with E-state index >= 15 is 0 Å². The maximum atomic E-state index is 12.1. The van der Waals surface area contributed by atoms with Crippen molar-refractivity contribution in [3.8, 4) is 11.5 Å². The maximum absolute atomic E-state index is 12.1. The minimum atomic E-state index is -0.591. The van der Waals surface area contributed by atoms with E-state index < -0.39 is 11.9 Å². The first-order valence-corrected chi connectivity index (χ1v) is 7.57. The van der Waals surface area contributed by atoms with Gasteiger partial charge in [-0.15, -0.1) is 0 Å². The van der Waals surface area contributed by atoms with E-state index in [4.69, 9.17) is 9.47 Å². The molecule has 0 fully saturated rings. The van der Waals surface area contributed by atoms with Crippen LogP contribution >= 0.6 is 22.6 Å². The molecule has 5 nitrogen and oxygen atoms in total. The third kappa shape index (κ3) is 3.76. The molecule has 0 atom stereocenters. The topological polar surface area (TPSA) is 72.8 Å². The van der Waals surface area contributed by atoms with Crippen LogP contribution < -0.4 is 4.74 Å². The summed E-state index contributed by atoms with van der Waals surface area (Å²) in [7, 11) is 0. The molecule has 0 saturated heterocycles. The Kier molecular flexibility index (Phi) is 5.37. The molecule has 0 saturated carbocycles. The minimum absolute atomic E-state index is 0.109. The Balaban J connectivity index is 2.30. The van der Waals surface area contributed by atoms with Crippen molar-refractivity contribution in [2.75, 3.05) is 6.61 Å². The van der Waals surface area contributed by atoms with Crippen molar-refractivity contribution in [1.29, 1.82) is 0 Å². The molecule has 2 rings (SSSR count). The van der Waals surface area contributed by atoms with Gasteiger partial charge in [-0.3, -0.25) is 0 Å². The zero-order valence-corrected chi connectivity index (χ0v) is 13.9. The first-order valence-electron chi connectivity index (χ1n) is 6.49. The molecule has 2 aromatic rings. The standard InChI is InChI=1S/C16H13IO5/c1-2-21-15(19)11-8-12(18)14(17)13(9-11)22-16(20)10-6-4-3-5-7-10/h3-9,18H,2H2,1H3. The van der Waals surface area contributed by atoms with Gasteiger partial charge in [-0.1, -0.05) is 18.2 Å². The molecule has 0 amide bonds. The van der Waals surface area contributed by atoms with Gasteiger partial charge in [0, 0.05) is 0 Å². The van der Waals surface area contributed by atoms with Crippen LogP contribution in [0.3, 0.4) is 0 Å². The summed E-state index contributed by atoms with van der Waals surface area (Å²) in [6.07, 6.45) is 0. The predicted molar refractivity (Wildman–Crippen MR) is 88.2 cm³/mol. The molecule has 6 heteroatoms. The minimum Gasteiger partial charge on any atom is -0.507 e. The molecule has 0 aromatic heterocycles. The first kappa shape index (κ1) is 16.3. The van der Waals surface area contributed by atoms with E-state index in [2.05, 4.69) is 0 Å². The fourth-order valence-corrected chi connectivity index (χ4v) is 2.14. The summed E-state index contributed by atoms with van der Waals surface area (Å²) in [5, 5.41) is 9.87. The van der Waals surface area contributed by atoms with Gasteiger partial charge < -0.3 is 14.6 Å². The van der Waals surface area contributed by atoms with Crippen LogP contribution in [0.4, 0.5) is 0 Å². The fourth-order valence-electron chi connectivity index (χ4n) is 1.72. The number of halogens is 1. The highest BCUT2D eigenvalue weighted by Gasteiger charge is 2.17. The molecule has 0 unspecified atom stereocenters. The molecule has 0 radical (unpaired) electrons. The number of carbonyl (C=O) groups is 2. The van der Waals surface area contributed by atoms with Crippen molar-refractivity contribution >= 4 is 34.5 Å². The van der Waals surface area contributed by atoms with Crippen LogP contribution in [0.1, 0.15) is 27.6 Å². The van der Waals surface area contributed by atoms with E-state index in [0.717, 1.165) is 0 Å². The lowest BCUT2D eigenvalue weighted by atomic mass is 10.2. The number of carbonyl (C=O) groups excluding carboxylic acids is 2. The number of phenols is 1. The van der Waals surface area contributed by atoms with E-state index in [0.29, 0.717) is 9.13 Å². The Morgan fingerprint density at radius 1 is 1.09 bits per heavy atom. The molecule has 0 bridgehead atoms. The highest BCUT2D eigenvalue weighted by atomic mass is 127. The molecule has 0 aliphatic rings. The van der Waals surface area contributed by atoms with E-state index in [9.17, 15) is 14.7 Å². The fraction of sp³-hybridized carbons (Fsp3) is 0.125. The van der Waals surface area contributed by atoms with Gasteiger partial charge >= 0.3 is 11.9 Å². The summed E-state index contributed by atoms with van der Waals surface area (Å²) in [6.45, 7) is 1.89. The number of phenolic OH excluding ortho intramolecular Hbond substituents is 1. The van der Waals surface area contributed by atoms with Crippen molar-refractivity contribution in [3.63, 3.8) is 0 Å². The summed E-state index contributed by atoms with van der Waals surface area (Å²) in [5.74, 6) is -1.20. The monoisotopic (exact) mass is 412 g/mol. The second-order valence-electron chi connectivity index (χ2n) is 4.28. The van der Waals surface area contributed by atoms with E-state index in [-0.39, 0.29) is 23.7 Å². The SMILES string of the molecule is CCOC(=O)c1cc(O)c(I)c(OC(=O)c2ccccc2)c1. The predicted octanol–water partition coefficient (Wildman–Crippen LogP) is 3.39. The van der Waals surface area contributed by atoms with Crippen LogP contribution in [0.15, 0.2) is 42.5 Å². The molecule has 0 aliphatic carbocycles. The first-order chi connectivity index (χ1) is 10.5. The summed E-state index contributed by atoms with van der Waals surface area (Å²) >= 11 is 1.84. The van der Waals surface area contributed by atoms with Crippen molar-refractivity contribution in [1.82, 2.24) is 0 Å². The van der Waals surface area contributed by atoms with Crippen LogP contribution in [-0.2, 0) is 4.74 Å². The largest absolute Gasteiger partial charge is 0.507 e. The highest BCUT2D eigenvalue weighted by molar-refractivity contribution is 14.1. The smallest absolute Gasteiger partial charge is 0.343 e. The molecule has 0 aliphatic heterocycles. The van der Waals surface area contributed by atoms with E-state index in [1.807, 2.05) is 22.6 Å². The third-order valence-electron chi connectivity index (χ3n) is 2.74. The van der Waals surface area contributed by atoms with E-state index in [1.165, 1.54) is 12.1 Å². The Hall–Kier alpha value is -2.09. The molecule has 0 heterocycles. The van der Waals surface area contributed by atoms with Gasteiger partial charge in [-0.05, 0) is 53.8 Å². The highest BCUT2D eigenvalue weighted by Crippen LogP contribution is 2.32. The molecule has 1 N–H and O–H groups in total. The average molecular weight is 412 g/mol. The second-order valence-corrected chi connectivity index (χ2v) is 5.36. The van der Waals surface area contributed by atoms with Crippen LogP contribution in [0.2, 0.25) is 0 Å². The number of aromatic hydroxyl groups is 1. The van der Waals surface area contributed by atoms with Crippen LogP contribution in [0.5, 0.6) is 11.5 Å². The summed E-state index contributed by atoms with van der Waals surface area (Å²) in [4.78, 5) is 23.8. The lowest BCUT2D eigenvalue weighted by molar-refractivity contribution is 0.0523. The van der Waals surface area contributed by atoms with Gasteiger partial charge in [0.2, 0.25) is 0 Å². The molecule has 2 aromatic carbocycles. The van der Waals surface area contributed by atoms with Gasteiger partial charge in [0.15, 0.2) is 0 Å². The van der Waals surface area contributed by atoms with Crippen LogP contribution in [-0.4, -0.2) is 23.7 Å². The third-order valence-corrected chi connectivity index (χ3v) is 3.83. The van der Waals surface area contributed by atoms with Gasteiger partial charge in [0.25, 0.3) is 0 Å². The number of hydrogen-bond donors (Lipinski definition) is 1. The van der Waals surface area contributed by atoms with Gasteiger partial charge in [-0.25, -0.2) is 9.59 Å². The lowest BCUT2D eigenvalue weighted by Crippen LogP contribution is -2.11. The number of rotatable bonds is 4. The number of benzene rings is 2. The van der Waals surface area contributed by atoms with Gasteiger partial charge in [0.1, 0.15) is 11.5 Å². The second kappa shape index (κ2) is 7.26. The van der Waals surface area contributed by atoms with Gasteiger partial charge in [-0.2, -0.15) is 0 Å². The normalized spacial score (nSPS) is 10.1. The Labute approximate surface area is 141 Å². The number of esters is 2. The van der Waals surface area contributed by atoms with E-state index in [1.54, 1.807) is 37.3 Å². The number of hydrogen-bond acceptors (Lipinski definition) is 5. The molecule has 22 heavy (non-hydrogen) atoms. The lowest BCUT2D eigenvalue weighted by Gasteiger charge is -2.10. The Morgan fingerprint density at radius 2 is 1.77 bits per heavy atom. The number of ether oxygens (including phenoxy) is 2. The van der Waals surface area contributed by atoms with Gasteiger partial charge in [0.05, 0.1) is 21.3 Å². The Morgan fingerprint density at radius 3 is 2.41 bits per heavy atom.